The Morgan fingerprint density at radius 1 is 0.743 bits per heavy atom. The number of hydrogen-bond acceptors (Lipinski definition) is 3. The maximum absolute atomic E-state index is 12.8. The molecule has 0 saturated carbocycles. The molecule has 1 unspecified atom stereocenters. The number of carbonyl (C=O) groups is 1. The average Bonchev–Trinajstić information content (AvgIpc) is 2.92. The SMILES string of the molecule is O=C(NC(Cc1ccccc1)c1cc(-c2ccccc2)c2ccccc2n1)OCc1ccccc1. The topological polar surface area (TPSA) is 51.2 Å². The molecule has 0 aliphatic carbocycles. The van der Waals surface area contributed by atoms with E-state index < -0.39 is 6.09 Å². The lowest BCUT2D eigenvalue weighted by atomic mass is 9.96. The van der Waals surface area contributed by atoms with Gasteiger partial charge in [-0.25, -0.2) is 4.79 Å². The minimum absolute atomic E-state index is 0.213. The summed E-state index contributed by atoms with van der Waals surface area (Å²) in [6, 6.07) is 39.9. The number of nitrogens with zero attached hydrogens (tertiary/aromatic N) is 1. The number of nitrogens with one attached hydrogen (secondary N) is 1. The van der Waals surface area contributed by atoms with E-state index in [-0.39, 0.29) is 12.6 Å². The van der Waals surface area contributed by atoms with Crippen LogP contribution in [0.25, 0.3) is 22.0 Å². The van der Waals surface area contributed by atoms with Crippen molar-refractivity contribution in [2.24, 2.45) is 0 Å². The molecule has 4 nitrogen and oxygen atoms in total. The van der Waals surface area contributed by atoms with Gasteiger partial charge in [0.05, 0.1) is 17.3 Å². The molecule has 1 aromatic heterocycles. The second-order valence-electron chi connectivity index (χ2n) is 8.43. The zero-order valence-electron chi connectivity index (χ0n) is 19.3. The van der Waals surface area contributed by atoms with Gasteiger partial charge in [-0.05, 0) is 40.8 Å². The highest BCUT2D eigenvalue weighted by Crippen LogP contribution is 2.31. The van der Waals surface area contributed by atoms with Gasteiger partial charge in [0.25, 0.3) is 0 Å². The smallest absolute Gasteiger partial charge is 0.408 e. The highest BCUT2D eigenvalue weighted by Gasteiger charge is 2.20. The van der Waals surface area contributed by atoms with Gasteiger partial charge in [-0.1, -0.05) is 109 Å². The molecule has 172 valence electrons. The zero-order valence-corrected chi connectivity index (χ0v) is 19.3. The second kappa shape index (κ2) is 10.7. The molecule has 5 rings (SSSR count). The molecule has 1 heterocycles. The monoisotopic (exact) mass is 458 g/mol. The van der Waals surface area contributed by atoms with Crippen molar-refractivity contribution in [1.29, 1.82) is 0 Å². The Hall–Kier alpha value is -4.44. The average molecular weight is 459 g/mol. The first kappa shape index (κ1) is 22.4. The first-order valence-electron chi connectivity index (χ1n) is 11.7. The number of alkyl carbamates (subject to hydrolysis) is 1. The molecule has 4 heteroatoms. The van der Waals surface area contributed by atoms with Crippen LogP contribution in [-0.4, -0.2) is 11.1 Å². The van der Waals surface area contributed by atoms with E-state index in [1.54, 1.807) is 0 Å². The van der Waals surface area contributed by atoms with Crippen LogP contribution in [0.2, 0.25) is 0 Å². The van der Waals surface area contributed by atoms with Gasteiger partial charge in [0.15, 0.2) is 0 Å². The molecule has 35 heavy (non-hydrogen) atoms. The lowest BCUT2D eigenvalue weighted by Crippen LogP contribution is -2.31. The van der Waals surface area contributed by atoms with E-state index in [0.717, 1.165) is 38.9 Å². The summed E-state index contributed by atoms with van der Waals surface area (Å²) in [6.45, 7) is 0.213. The van der Waals surface area contributed by atoms with Gasteiger partial charge in [0, 0.05) is 5.39 Å². The molecule has 0 aliphatic heterocycles. The zero-order chi connectivity index (χ0) is 23.9. The van der Waals surface area contributed by atoms with Crippen molar-refractivity contribution >= 4 is 17.0 Å². The minimum Gasteiger partial charge on any atom is -0.445 e. The summed E-state index contributed by atoms with van der Waals surface area (Å²) in [5.41, 5.74) is 5.93. The normalized spacial score (nSPS) is 11.7. The Bertz CT molecular complexity index is 1400. The van der Waals surface area contributed by atoms with E-state index in [4.69, 9.17) is 9.72 Å². The Labute approximate surface area is 205 Å². The predicted octanol–water partition coefficient (Wildman–Crippen LogP) is 7.11. The van der Waals surface area contributed by atoms with E-state index in [0.29, 0.717) is 6.42 Å². The van der Waals surface area contributed by atoms with E-state index >= 15 is 0 Å². The largest absolute Gasteiger partial charge is 0.445 e. The lowest BCUT2D eigenvalue weighted by Gasteiger charge is -2.20. The van der Waals surface area contributed by atoms with Crippen molar-refractivity contribution in [3.8, 4) is 11.1 Å². The number of rotatable bonds is 7. The molecule has 0 bridgehead atoms. The second-order valence-corrected chi connectivity index (χ2v) is 8.43. The highest BCUT2D eigenvalue weighted by molar-refractivity contribution is 5.94. The van der Waals surface area contributed by atoms with Gasteiger partial charge in [-0.15, -0.1) is 0 Å². The summed E-state index contributed by atoms with van der Waals surface area (Å²) >= 11 is 0. The fourth-order valence-corrected chi connectivity index (χ4v) is 4.22. The maximum Gasteiger partial charge on any atom is 0.408 e. The fourth-order valence-electron chi connectivity index (χ4n) is 4.22. The summed E-state index contributed by atoms with van der Waals surface area (Å²) in [5.74, 6) is 0. The Balaban J connectivity index is 1.49. The summed E-state index contributed by atoms with van der Waals surface area (Å²) < 4.78 is 5.54. The molecular formula is C31H26N2O2. The van der Waals surface area contributed by atoms with Crippen LogP contribution in [-0.2, 0) is 17.8 Å². The molecular weight excluding hydrogens is 432 g/mol. The number of amides is 1. The quantitative estimate of drug-likeness (QED) is 0.283. The third-order valence-electron chi connectivity index (χ3n) is 5.97. The number of pyridine rings is 1. The number of para-hydroxylation sites is 1. The van der Waals surface area contributed by atoms with Gasteiger partial charge in [-0.2, -0.15) is 0 Å². The van der Waals surface area contributed by atoms with Crippen LogP contribution in [0.15, 0.2) is 121 Å². The summed E-state index contributed by atoms with van der Waals surface area (Å²) in [5, 5.41) is 4.15. The van der Waals surface area contributed by atoms with Crippen LogP contribution >= 0.6 is 0 Å². The predicted molar refractivity (Wildman–Crippen MR) is 140 cm³/mol. The van der Waals surface area contributed by atoms with Crippen molar-refractivity contribution in [3.63, 3.8) is 0 Å². The maximum atomic E-state index is 12.8. The van der Waals surface area contributed by atoms with Gasteiger partial charge >= 0.3 is 6.09 Å². The summed E-state index contributed by atoms with van der Waals surface area (Å²) in [7, 11) is 0. The molecule has 0 aliphatic rings. The van der Waals surface area contributed by atoms with E-state index in [1.807, 2.05) is 84.9 Å². The molecule has 1 amide bonds. The number of carbonyl (C=O) groups excluding carboxylic acids is 1. The molecule has 0 saturated heterocycles. The molecule has 0 fully saturated rings. The third kappa shape index (κ3) is 5.56. The van der Waals surface area contributed by atoms with Crippen LogP contribution in [0.4, 0.5) is 4.79 Å². The van der Waals surface area contributed by atoms with Crippen molar-refractivity contribution in [2.45, 2.75) is 19.1 Å². The summed E-state index contributed by atoms with van der Waals surface area (Å²) in [4.78, 5) is 17.8. The Morgan fingerprint density at radius 3 is 2.06 bits per heavy atom. The van der Waals surface area contributed by atoms with Crippen LogP contribution < -0.4 is 5.32 Å². The molecule has 5 aromatic rings. The van der Waals surface area contributed by atoms with Crippen LogP contribution in [0.3, 0.4) is 0 Å². The van der Waals surface area contributed by atoms with Crippen LogP contribution in [0.1, 0.15) is 22.9 Å². The van der Waals surface area contributed by atoms with Gasteiger partial charge in [-0.3, -0.25) is 4.98 Å². The fraction of sp³-hybridized carbons (Fsp3) is 0.0968. The number of aromatic nitrogens is 1. The third-order valence-corrected chi connectivity index (χ3v) is 5.97. The van der Waals surface area contributed by atoms with Gasteiger partial charge in [0.2, 0.25) is 0 Å². The molecule has 0 radical (unpaired) electrons. The minimum atomic E-state index is -0.467. The lowest BCUT2D eigenvalue weighted by molar-refractivity contribution is 0.135. The first-order valence-corrected chi connectivity index (χ1v) is 11.7. The highest BCUT2D eigenvalue weighted by atomic mass is 16.5. The molecule has 1 N–H and O–H groups in total. The molecule has 4 aromatic carbocycles. The Morgan fingerprint density at radius 2 is 1.34 bits per heavy atom. The number of ether oxygens (including phenoxy) is 1. The molecule has 0 spiro atoms. The summed E-state index contributed by atoms with van der Waals surface area (Å²) in [6.07, 6.45) is 0.131. The van der Waals surface area contributed by atoms with Crippen LogP contribution in [0.5, 0.6) is 0 Å². The van der Waals surface area contributed by atoms with Gasteiger partial charge < -0.3 is 10.1 Å². The number of hydrogen-bond donors (Lipinski definition) is 1. The van der Waals surface area contributed by atoms with Crippen molar-refractivity contribution < 1.29 is 9.53 Å². The van der Waals surface area contributed by atoms with E-state index in [2.05, 4.69) is 41.7 Å². The van der Waals surface area contributed by atoms with E-state index in [1.165, 1.54) is 0 Å². The van der Waals surface area contributed by atoms with E-state index in [9.17, 15) is 4.79 Å². The number of benzene rings is 4. The standard InChI is InChI=1S/C31H26N2O2/c34-31(35-22-24-14-6-2-7-15-24)33-29(20-23-12-4-1-5-13-23)30-21-27(25-16-8-3-9-17-25)26-18-10-11-19-28(26)32-30/h1-19,21,29H,20,22H2,(H,33,34). The van der Waals surface area contributed by atoms with Crippen LogP contribution in [0, 0.1) is 0 Å². The Kier molecular flexibility index (Phi) is 6.81. The number of fused-ring (bicyclic) bond motifs is 1. The van der Waals surface area contributed by atoms with Crippen molar-refractivity contribution in [1.82, 2.24) is 10.3 Å². The first-order chi connectivity index (χ1) is 17.3. The molecule has 1 atom stereocenters. The van der Waals surface area contributed by atoms with Gasteiger partial charge in [0.1, 0.15) is 6.61 Å². The van der Waals surface area contributed by atoms with Crippen molar-refractivity contribution in [3.05, 3.63) is 138 Å². The van der Waals surface area contributed by atoms with Crippen molar-refractivity contribution in [2.75, 3.05) is 0 Å².